The minimum atomic E-state index is -3.54. The highest BCUT2D eigenvalue weighted by Gasteiger charge is 2.19. The van der Waals surface area contributed by atoms with Crippen LogP contribution in [0.3, 0.4) is 0 Å². The molecule has 0 fully saturated rings. The molecule has 152 valence electrons. The molecule has 0 saturated carbocycles. The largest absolute Gasteiger partial charge is 0.326 e. The predicted octanol–water partition coefficient (Wildman–Crippen LogP) is 4.11. The molecule has 0 radical (unpaired) electrons. The number of nitrogens with one attached hydrogen (secondary N) is 1. The molecule has 2 aromatic carbocycles. The van der Waals surface area contributed by atoms with Crippen molar-refractivity contribution in [3.63, 3.8) is 0 Å². The van der Waals surface area contributed by atoms with E-state index in [4.69, 9.17) is 0 Å². The zero-order valence-electron chi connectivity index (χ0n) is 17.5. The van der Waals surface area contributed by atoms with E-state index in [9.17, 15) is 13.2 Å². The molecule has 0 atom stereocenters. The number of hydrogen-bond donors (Lipinski definition) is 1. The second-order valence-electron chi connectivity index (χ2n) is 8.26. The normalized spacial score (nSPS) is 12.2. The second kappa shape index (κ2) is 8.45. The number of amides is 1. The first-order valence-electron chi connectivity index (χ1n) is 9.34. The van der Waals surface area contributed by atoms with Crippen molar-refractivity contribution in [2.75, 3.05) is 19.4 Å². The monoisotopic (exact) mass is 402 g/mol. The van der Waals surface area contributed by atoms with Crippen LogP contribution in [0, 0.1) is 6.92 Å². The Bertz CT molecular complexity index is 941. The van der Waals surface area contributed by atoms with Gasteiger partial charge in [0.15, 0.2) is 0 Å². The van der Waals surface area contributed by atoms with Gasteiger partial charge in [-0.1, -0.05) is 51.1 Å². The van der Waals surface area contributed by atoms with Gasteiger partial charge in [-0.15, -0.1) is 0 Å². The minimum absolute atomic E-state index is 0.103. The molecular weight excluding hydrogens is 372 g/mol. The van der Waals surface area contributed by atoms with Gasteiger partial charge in [-0.2, -0.15) is 0 Å². The first kappa shape index (κ1) is 22.1. The van der Waals surface area contributed by atoms with Gasteiger partial charge in [0.1, 0.15) is 0 Å². The number of anilines is 1. The maximum Gasteiger partial charge on any atom is 0.242 e. The Morgan fingerprint density at radius 3 is 2.18 bits per heavy atom. The molecule has 2 rings (SSSR count). The Labute approximate surface area is 168 Å². The predicted molar refractivity (Wildman–Crippen MR) is 114 cm³/mol. The number of benzene rings is 2. The SMILES string of the molecule is Cc1ccc(S(=O)(=O)N(C)C)cc1NC(=O)CCc1ccc(C(C)(C)C)cc1. The standard InChI is InChI=1S/C22H30N2O3S/c1-16-7-13-19(28(26,27)24(5)6)15-20(16)23-21(25)14-10-17-8-11-18(12-9-17)22(2,3)4/h7-9,11-13,15H,10,14H2,1-6H3,(H,23,25). The van der Waals surface area contributed by atoms with E-state index >= 15 is 0 Å². The zero-order valence-corrected chi connectivity index (χ0v) is 18.4. The van der Waals surface area contributed by atoms with Crippen molar-refractivity contribution in [2.45, 2.75) is 50.8 Å². The van der Waals surface area contributed by atoms with Crippen LogP contribution in [0.15, 0.2) is 47.4 Å². The maximum atomic E-state index is 12.4. The highest BCUT2D eigenvalue weighted by molar-refractivity contribution is 7.89. The van der Waals surface area contributed by atoms with Crippen LogP contribution < -0.4 is 5.32 Å². The van der Waals surface area contributed by atoms with E-state index < -0.39 is 10.0 Å². The van der Waals surface area contributed by atoms with Crippen LogP contribution in [0.2, 0.25) is 0 Å². The van der Waals surface area contributed by atoms with Crippen molar-refractivity contribution in [1.82, 2.24) is 4.31 Å². The van der Waals surface area contributed by atoms with Crippen molar-refractivity contribution in [3.8, 4) is 0 Å². The third kappa shape index (κ3) is 5.42. The molecule has 2 aromatic rings. The molecule has 0 bridgehead atoms. The van der Waals surface area contributed by atoms with E-state index in [2.05, 4.69) is 50.4 Å². The van der Waals surface area contributed by atoms with Gasteiger partial charge in [0.25, 0.3) is 0 Å². The van der Waals surface area contributed by atoms with Gasteiger partial charge in [-0.25, -0.2) is 12.7 Å². The van der Waals surface area contributed by atoms with Crippen molar-refractivity contribution < 1.29 is 13.2 Å². The summed E-state index contributed by atoms with van der Waals surface area (Å²) in [6, 6.07) is 13.1. The molecule has 0 saturated heterocycles. The third-order valence-corrected chi connectivity index (χ3v) is 6.53. The molecule has 28 heavy (non-hydrogen) atoms. The fourth-order valence-corrected chi connectivity index (χ4v) is 3.68. The fraction of sp³-hybridized carbons (Fsp3) is 0.409. The Kier molecular flexibility index (Phi) is 6.67. The molecule has 0 aliphatic heterocycles. The molecule has 0 spiro atoms. The lowest BCUT2D eigenvalue weighted by Crippen LogP contribution is -2.22. The molecule has 1 N–H and O–H groups in total. The van der Waals surface area contributed by atoms with E-state index in [-0.39, 0.29) is 16.2 Å². The molecule has 0 aromatic heterocycles. The van der Waals surface area contributed by atoms with Gasteiger partial charge < -0.3 is 5.32 Å². The average Bonchev–Trinajstić information content (AvgIpc) is 2.61. The summed E-state index contributed by atoms with van der Waals surface area (Å²) in [5, 5.41) is 2.85. The Morgan fingerprint density at radius 1 is 1.04 bits per heavy atom. The summed E-state index contributed by atoms with van der Waals surface area (Å²) in [5.74, 6) is -0.137. The zero-order chi connectivity index (χ0) is 21.1. The number of nitrogens with zero attached hydrogens (tertiary/aromatic N) is 1. The summed E-state index contributed by atoms with van der Waals surface area (Å²) in [6.07, 6.45) is 0.962. The summed E-state index contributed by atoms with van der Waals surface area (Å²) in [6.45, 7) is 8.35. The smallest absolute Gasteiger partial charge is 0.242 e. The molecule has 6 heteroatoms. The number of hydrogen-bond acceptors (Lipinski definition) is 3. The van der Waals surface area contributed by atoms with E-state index in [0.717, 1.165) is 15.4 Å². The molecular formula is C22H30N2O3S. The third-order valence-electron chi connectivity index (χ3n) is 4.72. The summed E-state index contributed by atoms with van der Waals surface area (Å²) in [7, 11) is -0.572. The van der Waals surface area contributed by atoms with E-state index in [1.807, 2.05) is 6.92 Å². The lowest BCUT2D eigenvalue weighted by Gasteiger charge is -2.19. The molecule has 0 unspecified atom stereocenters. The van der Waals surface area contributed by atoms with Crippen LogP contribution in [0.5, 0.6) is 0 Å². The first-order chi connectivity index (χ1) is 12.9. The molecule has 5 nitrogen and oxygen atoms in total. The van der Waals surface area contributed by atoms with Crippen molar-refractivity contribution >= 4 is 21.6 Å². The number of carbonyl (C=O) groups is 1. The topological polar surface area (TPSA) is 66.5 Å². The Balaban J connectivity index is 2.05. The Morgan fingerprint density at radius 2 is 1.64 bits per heavy atom. The number of rotatable bonds is 6. The van der Waals surface area contributed by atoms with Gasteiger partial charge in [-0.05, 0) is 47.6 Å². The van der Waals surface area contributed by atoms with Crippen molar-refractivity contribution in [2.24, 2.45) is 0 Å². The van der Waals surface area contributed by atoms with Crippen molar-refractivity contribution in [1.29, 1.82) is 0 Å². The van der Waals surface area contributed by atoms with Gasteiger partial charge in [0.2, 0.25) is 15.9 Å². The summed E-state index contributed by atoms with van der Waals surface area (Å²) < 4.78 is 25.8. The fourth-order valence-electron chi connectivity index (χ4n) is 2.75. The summed E-state index contributed by atoms with van der Waals surface area (Å²) in [5.41, 5.74) is 3.81. The van der Waals surface area contributed by atoms with Crippen molar-refractivity contribution in [3.05, 3.63) is 59.2 Å². The van der Waals surface area contributed by atoms with Gasteiger partial charge in [-0.3, -0.25) is 4.79 Å². The van der Waals surface area contributed by atoms with Crippen LogP contribution in [0.25, 0.3) is 0 Å². The van der Waals surface area contributed by atoms with Gasteiger partial charge in [0, 0.05) is 26.2 Å². The van der Waals surface area contributed by atoms with Gasteiger partial charge >= 0.3 is 0 Å². The highest BCUT2D eigenvalue weighted by atomic mass is 32.2. The highest BCUT2D eigenvalue weighted by Crippen LogP contribution is 2.24. The number of carbonyl (C=O) groups excluding carboxylic acids is 1. The number of sulfonamides is 1. The van der Waals surface area contributed by atoms with Crippen LogP contribution in [0.1, 0.15) is 43.9 Å². The van der Waals surface area contributed by atoms with E-state index in [1.165, 1.54) is 25.7 Å². The lowest BCUT2D eigenvalue weighted by atomic mass is 9.86. The summed E-state index contributed by atoms with van der Waals surface area (Å²) >= 11 is 0. The minimum Gasteiger partial charge on any atom is -0.326 e. The molecule has 0 aliphatic carbocycles. The van der Waals surface area contributed by atoms with Gasteiger partial charge in [0.05, 0.1) is 4.90 Å². The molecule has 0 aliphatic rings. The molecule has 1 amide bonds. The van der Waals surface area contributed by atoms with E-state index in [1.54, 1.807) is 12.1 Å². The van der Waals surface area contributed by atoms with E-state index in [0.29, 0.717) is 18.5 Å². The Hall–Kier alpha value is -2.18. The number of aryl methyl sites for hydroxylation is 2. The maximum absolute atomic E-state index is 12.4. The van der Waals surface area contributed by atoms with Crippen LogP contribution in [0.4, 0.5) is 5.69 Å². The first-order valence-corrected chi connectivity index (χ1v) is 10.8. The van der Waals surface area contributed by atoms with Crippen LogP contribution in [-0.2, 0) is 26.7 Å². The lowest BCUT2D eigenvalue weighted by molar-refractivity contribution is -0.116. The quantitative estimate of drug-likeness (QED) is 0.791. The van der Waals surface area contributed by atoms with Crippen LogP contribution in [-0.4, -0.2) is 32.7 Å². The average molecular weight is 403 g/mol. The van der Waals surface area contributed by atoms with Crippen LogP contribution >= 0.6 is 0 Å². The second-order valence-corrected chi connectivity index (χ2v) is 10.4. The molecule has 0 heterocycles. The summed E-state index contributed by atoms with van der Waals surface area (Å²) in [4.78, 5) is 12.6.